The van der Waals surface area contributed by atoms with Crippen LogP contribution in [0, 0.1) is 11.8 Å². The molecule has 106 valence electrons. The highest BCUT2D eigenvalue weighted by Gasteiger charge is 2.40. The first-order valence-corrected chi connectivity index (χ1v) is 7.69. The lowest BCUT2D eigenvalue weighted by atomic mass is 9.65. The van der Waals surface area contributed by atoms with Gasteiger partial charge in [-0.1, -0.05) is 38.8 Å². The Balaban J connectivity index is 2.33. The molecule has 1 aromatic heterocycles. The highest BCUT2D eigenvalue weighted by molar-refractivity contribution is 6.30. The molecule has 1 saturated carbocycles. The second kappa shape index (κ2) is 5.49. The van der Waals surface area contributed by atoms with Gasteiger partial charge >= 0.3 is 0 Å². The maximum Gasteiger partial charge on any atom is 0.127 e. The standard InChI is InChI=1S/C15H22Cl2N2/c1-9-4-5-11(13(17)6-9)15(2,3)12-7-10(16)8-19-14(12)18/h7-9,11,13H,4-6H2,1-3H3,(H2,18,19). The topological polar surface area (TPSA) is 38.9 Å². The van der Waals surface area contributed by atoms with Crippen LogP contribution in [0.2, 0.25) is 5.02 Å². The number of aromatic nitrogens is 1. The van der Waals surface area contributed by atoms with Crippen molar-refractivity contribution >= 4 is 29.0 Å². The summed E-state index contributed by atoms with van der Waals surface area (Å²) >= 11 is 12.7. The SMILES string of the molecule is CC1CCC(C(C)(C)c2cc(Cl)cnc2N)C(Cl)C1. The molecule has 0 amide bonds. The number of rotatable bonds is 2. The number of nitrogens with zero attached hydrogens (tertiary/aromatic N) is 1. The molecule has 0 aromatic carbocycles. The molecule has 0 spiro atoms. The van der Waals surface area contributed by atoms with Crippen LogP contribution in [-0.2, 0) is 5.41 Å². The van der Waals surface area contributed by atoms with E-state index in [0.29, 0.717) is 22.7 Å². The number of nitrogen functional groups attached to an aromatic ring is 1. The number of hydrogen-bond donors (Lipinski definition) is 1. The van der Waals surface area contributed by atoms with Crippen molar-refractivity contribution in [2.75, 3.05) is 5.73 Å². The highest BCUT2D eigenvalue weighted by Crippen LogP contribution is 2.45. The van der Waals surface area contributed by atoms with Gasteiger partial charge in [0.05, 0.1) is 5.02 Å². The van der Waals surface area contributed by atoms with Gasteiger partial charge in [0.15, 0.2) is 0 Å². The summed E-state index contributed by atoms with van der Waals surface area (Å²) in [6, 6.07) is 1.94. The van der Waals surface area contributed by atoms with Crippen molar-refractivity contribution in [1.29, 1.82) is 0 Å². The molecule has 1 fully saturated rings. The van der Waals surface area contributed by atoms with Crippen LogP contribution in [0.15, 0.2) is 12.3 Å². The Labute approximate surface area is 125 Å². The average Bonchev–Trinajstić information content (AvgIpc) is 2.31. The third-order valence-corrected chi connectivity index (χ3v) is 5.23. The summed E-state index contributed by atoms with van der Waals surface area (Å²) in [4.78, 5) is 4.18. The van der Waals surface area contributed by atoms with Crippen LogP contribution in [0.25, 0.3) is 0 Å². The molecule has 1 heterocycles. The van der Waals surface area contributed by atoms with Crippen LogP contribution < -0.4 is 5.73 Å². The molecule has 0 bridgehead atoms. The van der Waals surface area contributed by atoms with Gasteiger partial charge < -0.3 is 5.73 Å². The van der Waals surface area contributed by atoms with Gasteiger partial charge in [-0.15, -0.1) is 11.6 Å². The molecular weight excluding hydrogens is 279 g/mol. The van der Waals surface area contributed by atoms with Crippen molar-refractivity contribution in [3.8, 4) is 0 Å². The minimum absolute atomic E-state index is 0.103. The van der Waals surface area contributed by atoms with Crippen LogP contribution in [0.4, 0.5) is 5.82 Å². The molecule has 2 nitrogen and oxygen atoms in total. The van der Waals surface area contributed by atoms with E-state index in [9.17, 15) is 0 Å². The fourth-order valence-electron chi connectivity index (χ4n) is 3.29. The molecule has 0 saturated heterocycles. The lowest BCUT2D eigenvalue weighted by Crippen LogP contribution is -2.39. The molecule has 1 aliphatic carbocycles. The molecule has 1 aliphatic rings. The molecule has 2 rings (SSSR count). The van der Waals surface area contributed by atoms with E-state index in [1.54, 1.807) is 6.20 Å². The summed E-state index contributed by atoms with van der Waals surface area (Å²) in [5.74, 6) is 1.69. The molecule has 0 aliphatic heterocycles. The average molecular weight is 301 g/mol. The van der Waals surface area contributed by atoms with E-state index in [-0.39, 0.29) is 10.8 Å². The van der Waals surface area contributed by atoms with Gasteiger partial charge in [-0.3, -0.25) is 0 Å². The van der Waals surface area contributed by atoms with Crippen LogP contribution in [0.1, 0.15) is 45.6 Å². The van der Waals surface area contributed by atoms with E-state index >= 15 is 0 Å². The molecular formula is C15H22Cl2N2. The Hall–Kier alpha value is -0.470. The Morgan fingerprint density at radius 1 is 1.37 bits per heavy atom. The molecule has 3 unspecified atom stereocenters. The summed E-state index contributed by atoms with van der Waals surface area (Å²) in [7, 11) is 0. The van der Waals surface area contributed by atoms with Crippen molar-refractivity contribution in [2.45, 2.75) is 50.8 Å². The quantitative estimate of drug-likeness (QED) is 0.808. The first-order chi connectivity index (χ1) is 8.82. The zero-order chi connectivity index (χ0) is 14.2. The van der Waals surface area contributed by atoms with Gasteiger partial charge in [-0.25, -0.2) is 4.98 Å². The molecule has 0 radical (unpaired) electrons. The van der Waals surface area contributed by atoms with Crippen molar-refractivity contribution in [1.82, 2.24) is 4.98 Å². The zero-order valence-electron chi connectivity index (χ0n) is 11.8. The third-order valence-electron chi connectivity index (χ3n) is 4.54. The molecule has 1 aromatic rings. The summed E-state index contributed by atoms with van der Waals surface area (Å²) < 4.78 is 0. The van der Waals surface area contributed by atoms with Crippen molar-refractivity contribution in [3.05, 3.63) is 22.8 Å². The predicted octanol–water partition coefficient (Wildman–Crippen LogP) is 4.64. The van der Waals surface area contributed by atoms with Crippen molar-refractivity contribution in [3.63, 3.8) is 0 Å². The summed E-state index contributed by atoms with van der Waals surface area (Å²) in [6.45, 7) is 6.67. The lowest BCUT2D eigenvalue weighted by Gasteiger charge is -2.42. The van der Waals surface area contributed by atoms with Crippen LogP contribution in [0.5, 0.6) is 0 Å². The van der Waals surface area contributed by atoms with Crippen LogP contribution in [0.3, 0.4) is 0 Å². The van der Waals surface area contributed by atoms with Crippen LogP contribution >= 0.6 is 23.2 Å². The number of alkyl halides is 1. The largest absolute Gasteiger partial charge is 0.383 e. The van der Waals surface area contributed by atoms with E-state index in [1.807, 2.05) is 6.07 Å². The number of halogens is 2. The summed E-state index contributed by atoms with van der Waals surface area (Å²) in [5, 5.41) is 0.824. The molecule has 19 heavy (non-hydrogen) atoms. The molecule has 2 N–H and O–H groups in total. The van der Waals surface area contributed by atoms with Crippen LogP contribution in [-0.4, -0.2) is 10.4 Å². The Morgan fingerprint density at radius 2 is 2.05 bits per heavy atom. The predicted molar refractivity (Wildman–Crippen MR) is 82.8 cm³/mol. The first-order valence-electron chi connectivity index (χ1n) is 6.88. The number of hydrogen-bond acceptors (Lipinski definition) is 2. The van der Waals surface area contributed by atoms with E-state index in [1.165, 1.54) is 6.42 Å². The van der Waals surface area contributed by atoms with E-state index < -0.39 is 0 Å². The monoisotopic (exact) mass is 300 g/mol. The maximum absolute atomic E-state index is 6.61. The third kappa shape index (κ3) is 3.00. The Morgan fingerprint density at radius 3 is 2.68 bits per heavy atom. The van der Waals surface area contributed by atoms with Gasteiger partial charge in [-0.2, -0.15) is 0 Å². The smallest absolute Gasteiger partial charge is 0.127 e. The van der Waals surface area contributed by atoms with Crippen molar-refractivity contribution in [2.24, 2.45) is 11.8 Å². The van der Waals surface area contributed by atoms with Gasteiger partial charge in [-0.05, 0) is 36.2 Å². The van der Waals surface area contributed by atoms with Gasteiger partial charge in [0.1, 0.15) is 5.82 Å². The second-order valence-corrected chi connectivity index (χ2v) is 7.35. The summed E-state index contributed by atoms with van der Waals surface area (Å²) in [5.41, 5.74) is 6.96. The van der Waals surface area contributed by atoms with Gasteiger partial charge in [0.2, 0.25) is 0 Å². The summed E-state index contributed by atoms with van der Waals surface area (Å²) in [6.07, 6.45) is 5.03. The van der Waals surface area contributed by atoms with Gasteiger partial charge in [0, 0.05) is 17.1 Å². The number of anilines is 1. The fraction of sp³-hybridized carbons (Fsp3) is 0.667. The van der Waals surface area contributed by atoms with E-state index in [0.717, 1.165) is 18.4 Å². The Bertz CT molecular complexity index is 459. The maximum atomic E-state index is 6.61. The van der Waals surface area contributed by atoms with E-state index in [2.05, 4.69) is 25.8 Å². The normalized spacial score (nSPS) is 28.4. The fourth-order valence-corrected chi connectivity index (χ4v) is 4.19. The minimum atomic E-state index is -0.103. The molecule has 3 atom stereocenters. The first kappa shape index (κ1) is 14.9. The zero-order valence-corrected chi connectivity index (χ0v) is 13.3. The highest BCUT2D eigenvalue weighted by atomic mass is 35.5. The van der Waals surface area contributed by atoms with Gasteiger partial charge in [0.25, 0.3) is 0 Å². The van der Waals surface area contributed by atoms with E-state index in [4.69, 9.17) is 28.9 Å². The lowest BCUT2D eigenvalue weighted by molar-refractivity contribution is 0.208. The number of nitrogens with two attached hydrogens (primary N) is 1. The minimum Gasteiger partial charge on any atom is -0.383 e. The Kier molecular flexibility index (Phi) is 4.32. The number of pyridine rings is 1. The molecule has 4 heteroatoms. The second-order valence-electron chi connectivity index (χ2n) is 6.35. The van der Waals surface area contributed by atoms with Crippen molar-refractivity contribution < 1.29 is 0 Å².